The number of nitrogens with zero attached hydrogens (tertiary/aromatic N) is 1. The number of amides is 1. The average molecular weight is 408 g/mol. The highest BCUT2D eigenvalue weighted by Crippen LogP contribution is 2.52. The van der Waals surface area contributed by atoms with Crippen molar-refractivity contribution in [3.05, 3.63) is 60.2 Å². The maximum atomic E-state index is 12.8. The zero-order valence-corrected chi connectivity index (χ0v) is 17.9. The Labute approximate surface area is 178 Å². The van der Waals surface area contributed by atoms with E-state index >= 15 is 0 Å². The summed E-state index contributed by atoms with van der Waals surface area (Å²) in [4.78, 5) is 27.1. The Bertz CT molecular complexity index is 922. The lowest BCUT2D eigenvalue weighted by atomic mass is 9.65. The van der Waals surface area contributed by atoms with Crippen molar-refractivity contribution in [3.8, 4) is 11.5 Å². The number of rotatable bonds is 5. The second kappa shape index (κ2) is 7.78. The summed E-state index contributed by atoms with van der Waals surface area (Å²) in [5.41, 5.74) is 0.810. The van der Waals surface area contributed by atoms with Crippen LogP contribution in [0.3, 0.4) is 0 Å². The van der Waals surface area contributed by atoms with E-state index in [1.165, 1.54) is 0 Å². The Kier molecular flexibility index (Phi) is 5.31. The van der Waals surface area contributed by atoms with Crippen LogP contribution in [0.15, 0.2) is 54.6 Å². The maximum absolute atomic E-state index is 12.8. The number of para-hydroxylation sites is 1. The van der Waals surface area contributed by atoms with Gasteiger partial charge in [-0.3, -0.25) is 4.79 Å². The number of carbonyl (C=O) groups is 2. The van der Waals surface area contributed by atoms with Gasteiger partial charge in [0.25, 0.3) is 5.91 Å². The fraction of sp³-hybridized carbons (Fsp3) is 0.440. The molecule has 0 N–H and O–H groups in total. The second-order valence-corrected chi connectivity index (χ2v) is 9.75. The molecule has 0 radical (unpaired) electrons. The van der Waals surface area contributed by atoms with E-state index in [2.05, 4.69) is 20.8 Å². The third-order valence-corrected chi connectivity index (χ3v) is 6.13. The Morgan fingerprint density at radius 1 is 0.967 bits per heavy atom. The van der Waals surface area contributed by atoms with Crippen LogP contribution in [0.2, 0.25) is 0 Å². The molecule has 1 saturated carbocycles. The Morgan fingerprint density at radius 3 is 2.33 bits per heavy atom. The third-order valence-electron chi connectivity index (χ3n) is 6.13. The summed E-state index contributed by atoms with van der Waals surface area (Å²) in [6.07, 6.45) is 3.17. The van der Waals surface area contributed by atoms with Crippen molar-refractivity contribution in [2.45, 2.75) is 46.1 Å². The van der Waals surface area contributed by atoms with Crippen LogP contribution in [0, 0.1) is 10.8 Å². The van der Waals surface area contributed by atoms with Crippen molar-refractivity contribution in [3.63, 3.8) is 0 Å². The number of fused-ring (bicyclic) bond motifs is 2. The molecule has 2 atom stereocenters. The van der Waals surface area contributed by atoms with Gasteiger partial charge in [0, 0.05) is 12.6 Å². The molecule has 2 aliphatic rings. The second-order valence-electron chi connectivity index (χ2n) is 9.75. The van der Waals surface area contributed by atoms with E-state index in [1.807, 2.05) is 35.2 Å². The molecule has 2 unspecified atom stereocenters. The molecule has 5 nitrogen and oxygen atoms in total. The van der Waals surface area contributed by atoms with Crippen LogP contribution in [0.1, 0.15) is 50.4 Å². The van der Waals surface area contributed by atoms with Gasteiger partial charge in [0.15, 0.2) is 6.61 Å². The molecule has 1 heterocycles. The lowest BCUT2D eigenvalue weighted by Crippen LogP contribution is -2.39. The van der Waals surface area contributed by atoms with Crippen LogP contribution in [-0.2, 0) is 9.53 Å². The molecule has 158 valence electrons. The van der Waals surface area contributed by atoms with Crippen molar-refractivity contribution in [2.24, 2.45) is 10.8 Å². The number of likely N-dealkylation sites (tertiary alicyclic amines) is 1. The average Bonchev–Trinajstić information content (AvgIpc) is 2.96. The molecular formula is C25H29NO4. The minimum absolute atomic E-state index is 0.0983. The summed E-state index contributed by atoms with van der Waals surface area (Å²) in [7, 11) is 0. The fourth-order valence-corrected chi connectivity index (χ4v) is 5.33. The van der Waals surface area contributed by atoms with Crippen LogP contribution >= 0.6 is 0 Å². The first kappa shape index (κ1) is 20.5. The van der Waals surface area contributed by atoms with Crippen LogP contribution in [0.4, 0.5) is 0 Å². The number of hydrogen-bond donors (Lipinski definition) is 0. The topological polar surface area (TPSA) is 55.8 Å². The highest BCUT2D eigenvalue weighted by molar-refractivity contribution is 5.91. The summed E-state index contributed by atoms with van der Waals surface area (Å²) < 4.78 is 11.1. The van der Waals surface area contributed by atoms with Gasteiger partial charge in [-0.1, -0.05) is 39.0 Å². The first-order chi connectivity index (χ1) is 14.2. The summed E-state index contributed by atoms with van der Waals surface area (Å²) in [5.74, 6) is 0.766. The van der Waals surface area contributed by atoms with Crippen molar-refractivity contribution in [2.75, 3.05) is 13.2 Å². The molecule has 2 bridgehead atoms. The molecule has 1 amide bonds. The summed E-state index contributed by atoms with van der Waals surface area (Å²) in [6, 6.07) is 16.4. The van der Waals surface area contributed by atoms with E-state index in [0.29, 0.717) is 11.3 Å². The largest absolute Gasteiger partial charge is 0.457 e. The molecule has 2 aromatic carbocycles. The summed E-state index contributed by atoms with van der Waals surface area (Å²) in [6.45, 7) is 7.35. The molecule has 1 aliphatic heterocycles. The highest BCUT2D eigenvalue weighted by atomic mass is 16.5. The number of esters is 1. The van der Waals surface area contributed by atoms with Gasteiger partial charge in [-0.25, -0.2) is 4.79 Å². The van der Waals surface area contributed by atoms with Gasteiger partial charge in [0.1, 0.15) is 11.5 Å². The summed E-state index contributed by atoms with van der Waals surface area (Å²) in [5, 5.41) is 0. The zero-order valence-electron chi connectivity index (χ0n) is 17.9. The first-order valence-corrected chi connectivity index (χ1v) is 10.5. The van der Waals surface area contributed by atoms with Gasteiger partial charge in [-0.15, -0.1) is 0 Å². The maximum Gasteiger partial charge on any atom is 0.338 e. The number of carbonyl (C=O) groups excluding carboxylic acids is 2. The number of benzene rings is 2. The molecule has 0 spiro atoms. The van der Waals surface area contributed by atoms with Gasteiger partial charge in [0.05, 0.1) is 5.56 Å². The Morgan fingerprint density at radius 2 is 1.63 bits per heavy atom. The first-order valence-electron chi connectivity index (χ1n) is 10.5. The van der Waals surface area contributed by atoms with Gasteiger partial charge >= 0.3 is 5.97 Å². The normalized spacial score (nSPS) is 24.4. The minimum Gasteiger partial charge on any atom is -0.457 e. The molecule has 2 aromatic rings. The lowest BCUT2D eigenvalue weighted by molar-refractivity contribution is -0.135. The molecule has 4 rings (SSSR count). The molecule has 2 fully saturated rings. The standard InChI is InChI=1S/C25H29NO4/c1-24(2)13-19-14-25(3,16-24)17-26(19)22(27)15-29-23(28)18-9-11-21(12-10-18)30-20-7-5-4-6-8-20/h4-12,19H,13-17H2,1-3H3. The molecule has 5 heteroatoms. The summed E-state index contributed by atoms with van der Waals surface area (Å²) >= 11 is 0. The Balaban J connectivity index is 1.32. The van der Waals surface area contributed by atoms with E-state index < -0.39 is 5.97 Å². The minimum atomic E-state index is -0.497. The van der Waals surface area contributed by atoms with Crippen LogP contribution in [-0.4, -0.2) is 36.0 Å². The fourth-order valence-electron chi connectivity index (χ4n) is 5.33. The van der Waals surface area contributed by atoms with Crippen LogP contribution in [0.25, 0.3) is 0 Å². The highest BCUT2D eigenvalue weighted by Gasteiger charge is 2.50. The molecular weight excluding hydrogens is 378 g/mol. The van der Waals surface area contributed by atoms with Gasteiger partial charge in [0.2, 0.25) is 0 Å². The van der Waals surface area contributed by atoms with Crippen LogP contribution < -0.4 is 4.74 Å². The smallest absolute Gasteiger partial charge is 0.338 e. The number of ether oxygens (including phenoxy) is 2. The van der Waals surface area contributed by atoms with E-state index in [-0.39, 0.29) is 29.4 Å². The van der Waals surface area contributed by atoms with Crippen molar-refractivity contribution >= 4 is 11.9 Å². The van der Waals surface area contributed by atoms with E-state index in [9.17, 15) is 9.59 Å². The molecule has 0 aromatic heterocycles. The van der Waals surface area contributed by atoms with Crippen molar-refractivity contribution in [1.82, 2.24) is 4.90 Å². The predicted molar refractivity (Wildman–Crippen MR) is 114 cm³/mol. The van der Waals surface area contributed by atoms with Crippen LogP contribution in [0.5, 0.6) is 11.5 Å². The van der Waals surface area contributed by atoms with Gasteiger partial charge in [-0.2, -0.15) is 0 Å². The monoisotopic (exact) mass is 407 g/mol. The van der Waals surface area contributed by atoms with Crippen molar-refractivity contribution < 1.29 is 19.1 Å². The molecule has 1 aliphatic carbocycles. The van der Waals surface area contributed by atoms with Gasteiger partial charge < -0.3 is 14.4 Å². The van der Waals surface area contributed by atoms with E-state index in [0.717, 1.165) is 31.6 Å². The zero-order chi connectivity index (χ0) is 21.4. The van der Waals surface area contributed by atoms with Gasteiger partial charge in [-0.05, 0) is 66.5 Å². The predicted octanol–water partition coefficient (Wildman–Crippen LogP) is 5.06. The third kappa shape index (κ3) is 4.50. The SMILES string of the molecule is CC1(C)CC2CC(C)(CN2C(=O)COC(=O)c2ccc(Oc3ccccc3)cc2)C1. The molecule has 1 saturated heterocycles. The molecule has 30 heavy (non-hydrogen) atoms. The van der Waals surface area contributed by atoms with E-state index in [1.54, 1.807) is 24.3 Å². The Hall–Kier alpha value is -2.82. The van der Waals surface area contributed by atoms with Crippen molar-refractivity contribution in [1.29, 1.82) is 0 Å². The quantitative estimate of drug-likeness (QED) is 0.650. The van der Waals surface area contributed by atoms with E-state index in [4.69, 9.17) is 9.47 Å². The number of hydrogen-bond acceptors (Lipinski definition) is 4. The lowest BCUT2D eigenvalue weighted by Gasteiger charge is -2.39.